The summed E-state index contributed by atoms with van der Waals surface area (Å²) < 4.78 is 31.7. The molecule has 0 saturated heterocycles. The van der Waals surface area contributed by atoms with Crippen LogP contribution in [-0.4, -0.2) is 24.3 Å². The van der Waals surface area contributed by atoms with E-state index in [1.807, 2.05) is 20.8 Å². The Hall–Kier alpha value is -0.250. The third-order valence-corrected chi connectivity index (χ3v) is 1.76. The molecule has 0 amide bonds. The zero-order valence-electron chi connectivity index (χ0n) is 8.43. The van der Waals surface area contributed by atoms with Crippen molar-refractivity contribution < 1.29 is 18.3 Å². The van der Waals surface area contributed by atoms with Crippen molar-refractivity contribution in [2.75, 3.05) is 6.93 Å². The maximum absolute atomic E-state index is 12.4. The minimum Gasteiger partial charge on any atom is -0.393 e. The summed E-state index contributed by atoms with van der Waals surface area (Å²) in [5, 5.41) is 8.83. The highest BCUT2D eigenvalue weighted by molar-refractivity contribution is 4.79. The van der Waals surface area contributed by atoms with Crippen LogP contribution >= 0.6 is 0 Å². The van der Waals surface area contributed by atoms with Crippen molar-refractivity contribution in [3.05, 3.63) is 0 Å². The predicted molar refractivity (Wildman–Crippen MR) is 47.7 cm³/mol. The highest BCUT2D eigenvalue weighted by atomic mass is 19.3. The standard InChI is InChI=1S/C6H11FO.C2H6.CH2F2/c1-4-2-5(8)3-6(4)7;1-2;2-1-3/h4-6,8H,2-3H2,1H3;1-2H3;1H2. The molecule has 1 aliphatic rings. The molecule has 1 aliphatic carbocycles. The summed E-state index contributed by atoms with van der Waals surface area (Å²) in [6.07, 6.45) is -0.146. The van der Waals surface area contributed by atoms with Crippen LogP contribution in [0.15, 0.2) is 0 Å². The van der Waals surface area contributed by atoms with Gasteiger partial charge < -0.3 is 5.11 Å². The number of hydrogen-bond acceptors (Lipinski definition) is 1. The monoisotopic (exact) mass is 200 g/mol. The molecule has 3 unspecified atom stereocenters. The molecule has 1 nitrogen and oxygen atoms in total. The molecule has 0 aliphatic heterocycles. The van der Waals surface area contributed by atoms with Gasteiger partial charge in [-0.15, -0.1) is 0 Å². The third-order valence-electron chi connectivity index (χ3n) is 1.76. The average molecular weight is 200 g/mol. The van der Waals surface area contributed by atoms with Crippen molar-refractivity contribution in [3.8, 4) is 0 Å². The van der Waals surface area contributed by atoms with E-state index in [9.17, 15) is 13.2 Å². The normalized spacial score (nSPS) is 31.2. The van der Waals surface area contributed by atoms with Crippen molar-refractivity contribution in [2.24, 2.45) is 5.92 Å². The molecule has 3 atom stereocenters. The molecule has 13 heavy (non-hydrogen) atoms. The van der Waals surface area contributed by atoms with Gasteiger partial charge in [-0.2, -0.15) is 0 Å². The van der Waals surface area contributed by atoms with Crippen molar-refractivity contribution >= 4 is 0 Å². The van der Waals surface area contributed by atoms with Crippen LogP contribution < -0.4 is 0 Å². The van der Waals surface area contributed by atoms with Gasteiger partial charge in [0.15, 0.2) is 0 Å². The lowest BCUT2D eigenvalue weighted by atomic mass is 10.1. The number of aliphatic hydroxyl groups is 1. The number of aliphatic hydroxyl groups excluding tert-OH is 1. The zero-order chi connectivity index (χ0) is 10.9. The molecule has 0 aromatic heterocycles. The SMILES string of the molecule is CC.CC1CC(O)CC1F.FCF. The van der Waals surface area contributed by atoms with Gasteiger partial charge in [0.2, 0.25) is 6.93 Å². The molecule has 1 fully saturated rings. The maximum Gasteiger partial charge on any atom is 0.229 e. The number of rotatable bonds is 0. The summed E-state index contributed by atoms with van der Waals surface area (Å²) in [4.78, 5) is 0. The fourth-order valence-corrected chi connectivity index (χ4v) is 1.17. The lowest BCUT2D eigenvalue weighted by Gasteiger charge is -2.00. The Morgan fingerprint density at radius 1 is 1.23 bits per heavy atom. The number of alkyl halides is 3. The van der Waals surface area contributed by atoms with E-state index in [2.05, 4.69) is 0 Å². The van der Waals surface area contributed by atoms with Gasteiger partial charge in [0.25, 0.3) is 0 Å². The number of hydrogen-bond donors (Lipinski definition) is 1. The molecule has 4 heteroatoms. The van der Waals surface area contributed by atoms with Crippen molar-refractivity contribution in [3.63, 3.8) is 0 Å². The Morgan fingerprint density at radius 3 is 1.69 bits per heavy atom. The molecule has 0 spiro atoms. The van der Waals surface area contributed by atoms with E-state index in [1.165, 1.54) is 0 Å². The smallest absolute Gasteiger partial charge is 0.229 e. The largest absolute Gasteiger partial charge is 0.393 e. The molecule has 0 bridgehead atoms. The van der Waals surface area contributed by atoms with Gasteiger partial charge >= 0.3 is 0 Å². The van der Waals surface area contributed by atoms with Crippen molar-refractivity contribution in [2.45, 2.75) is 45.9 Å². The second-order valence-corrected chi connectivity index (χ2v) is 2.72. The van der Waals surface area contributed by atoms with E-state index >= 15 is 0 Å². The van der Waals surface area contributed by atoms with Crippen LogP contribution in [0.2, 0.25) is 0 Å². The second kappa shape index (κ2) is 9.84. The minimum absolute atomic E-state index is 0.0741. The average Bonchev–Trinajstić information content (AvgIpc) is 2.35. The first-order chi connectivity index (χ1) is 6.11. The Morgan fingerprint density at radius 2 is 1.62 bits per heavy atom. The van der Waals surface area contributed by atoms with E-state index in [4.69, 9.17) is 5.11 Å². The molecule has 0 aromatic carbocycles. The van der Waals surface area contributed by atoms with Crippen LogP contribution in [0.3, 0.4) is 0 Å². The summed E-state index contributed by atoms with van der Waals surface area (Å²) in [7, 11) is 0. The number of halogens is 3. The van der Waals surface area contributed by atoms with Crippen LogP contribution in [0.4, 0.5) is 13.2 Å². The van der Waals surface area contributed by atoms with Gasteiger partial charge in [0.05, 0.1) is 6.10 Å². The van der Waals surface area contributed by atoms with Gasteiger partial charge in [-0.1, -0.05) is 20.8 Å². The third kappa shape index (κ3) is 8.09. The van der Waals surface area contributed by atoms with Crippen LogP contribution in [-0.2, 0) is 0 Å². The van der Waals surface area contributed by atoms with Crippen molar-refractivity contribution in [1.29, 1.82) is 0 Å². The fourth-order valence-electron chi connectivity index (χ4n) is 1.17. The Balaban J connectivity index is 0. The van der Waals surface area contributed by atoms with Gasteiger partial charge in [-0.25, -0.2) is 13.2 Å². The molecule has 82 valence electrons. The summed E-state index contributed by atoms with van der Waals surface area (Å²) >= 11 is 0. The lowest BCUT2D eigenvalue weighted by molar-refractivity contribution is 0.171. The van der Waals surface area contributed by atoms with E-state index in [-0.39, 0.29) is 12.0 Å². The van der Waals surface area contributed by atoms with E-state index < -0.39 is 13.1 Å². The topological polar surface area (TPSA) is 20.2 Å². The highest BCUT2D eigenvalue weighted by Crippen LogP contribution is 2.27. The Kier molecular flexibility index (Phi) is 11.5. The molecule has 0 aromatic rings. The van der Waals surface area contributed by atoms with Crippen molar-refractivity contribution in [1.82, 2.24) is 0 Å². The molecule has 0 radical (unpaired) electrons. The first-order valence-corrected chi connectivity index (χ1v) is 4.55. The van der Waals surface area contributed by atoms with Gasteiger partial charge in [-0.05, 0) is 12.3 Å². The fraction of sp³-hybridized carbons (Fsp3) is 1.00. The predicted octanol–water partition coefficient (Wildman–Crippen LogP) is 3.02. The summed E-state index contributed by atoms with van der Waals surface area (Å²) in [6, 6.07) is 0. The minimum atomic E-state index is -1.75. The van der Waals surface area contributed by atoms with E-state index in [1.54, 1.807) is 0 Å². The van der Waals surface area contributed by atoms with Crippen LogP contribution in [0.25, 0.3) is 0 Å². The Bertz CT molecular complexity index is 90.9. The molecule has 1 saturated carbocycles. The van der Waals surface area contributed by atoms with Gasteiger partial charge in [0.1, 0.15) is 6.17 Å². The highest BCUT2D eigenvalue weighted by Gasteiger charge is 2.29. The summed E-state index contributed by atoms with van der Waals surface area (Å²) in [6.45, 7) is 4.08. The van der Waals surface area contributed by atoms with E-state index in [0.717, 1.165) is 0 Å². The van der Waals surface area contributed by atoms with Crippen LogP contribution in [0, 0.1) is 5.92 Å². The Labute approximate surface area is 78.0 Å². The molecular formula is C9H19F3O. The van der Waals surface area contributed by atoms with E-state index in [0.29, 0.717) is 12.8 Å². The maximum atomic E-state index is 12.4. The second-order valence-electron chi connectivity index (χ2n) is 2.72. The zero-order valence-corrected chi connectivity index (χ0v) is 8.43. The van der Waals surface area contributed by atoms with Gasteiger partial charge in [-0.3, -0.25) is 0 Å². The molecule has 1 rings (SSSR count). The summed E-state index contributed by atoms with van der Waals surface area (Å²) in [5.41, 5.74) is 0. The van der Waals surface area contributed by atoms with Gasteiger partial charge in [0, 0.05) is 6.42 Å². The molecule has 1 N–H and O–H groups in total. The molecular weight excluding hydrogens is 181 g/mol. The summed E-state index contributed by atoms with van der Waals surface area (Å²) in [5.74, 6) is 0.0741. The lowest BCUT2D eigenvalue weighted by Crippen LogP contribution is -2.01. The molecule has 0 heterocycles. The first-order valence-electron chi connectivity index (χ1n) is 4.55. The first kappa shape index (κ1) is 15.2. The quantitative estimate of drug-likeness (QED) is 0.637. The van der Waals surface area contributed by atoms with Crippen LogP contribution in [0.1, 0.15) is 33.6 Å². The van der Waals surface area contributed by atoms with Crippen LogP contribution in [0.5, 0.6) is 0 Å².